The van der Waals surface area contributed by atoms with Crippen LogP contribution in [0.25, 0.3) is 11.1 Å². The van der Waals surface area contributed by atoms with Crippen molar-refractivity contribution in [3.8, 4) is 17.0 Å². The van der Waals surface area contributed by atoms with E-state index in [-0.39, 0.29) is 18.0 Å². The number of carbonyl (C=O) groups is 2. The maximum absolute atomic E-state index is 13.3. The van der Waals surface area contributed by atoms with E-state index in [1.54, 1.807) is 0 Å². The molecule has 1 atom stereocenters. The Kier molecular flexibility index (Phi) is 6.95. The van der Waals surface area contributed by atoms with Gasteiger partial charge in [0.1, 0.15) is 5.82 Å². The van der Waals surface area contributed by atoms with Crippen LogP contribution in [0.2, 0.25) is 0 Å². The van der Waals surface area contributed by atoms with Gasteiger partial charge in [0.05, 0.1) is 6.21 Å². The van der Waals surface area contributed by atoms with Gasteiger partial charge in [-0.3, -0.25) is 14.6 Å². The fourth-order valence-corrected chi connectivity index (χ4v) is 2.95. The Bertz CT molecular complexity index is 1090. The number of aromatic nitrogens is 1. The Morgan fingerprint density at radius 2 is 1.94 bits per heavy atom. The van der Waals surface area contributed by atoms with Gasteiger partial charge in [-0.15, -0.1) is 0 Å². The summed E-state index contributed by atoms with van der Waals surface area (Å²) in [4.78, 5) is 32.1. The van der Waals surface area contributed by atoms with E-state index in [2.05, 4.69) is 25.9 Å². The number of rotatable bonds is 7. The molecule has 1 aromatic heterocycles. The summed E-state index contributed by atoms with van der Waals surface area (Å²) in [5.74, 6) is -1.93. The minimum Gasteiger partial charge on any atom is -0.468 e. The zero-order valence-corrected chi connectivity index (χ0v) is 17.2. The molecule has 0 fully saturated rings. The van der Waals surface area contributed by atoms with Gasteiger partial charge in [0, 0.05) is 37.6 Å². The number of aliphatic imine (C=N–C) groups is 1. The van der Waals surface area contributed by atoms with Gasteiger partial charge in [-0.1, -0.05) is 12.1 Å². The number of hydrogen-bond acceptors (Lipinski definition) is 6. The molecule has 2 heterocycles. The normalized spacial score (nSPS) is 17.2. The lowest BCUT2D eigenvalue weighted by Gasteiger charge is -2.30. The first-order valence-corrected chi connectivity index (χ1v) is 9.56. The molecule has 12 heteroatoms. The number of amides is 2. The second-order valence-corrected chi connectivity index (χ2v) is 7.02. The van der Waals surface area contributed by atoms with Crippen LogP contribution in [0.3, 0.4) is 0 Å². The number of carbonyl (C=O) groups excluding carboxylic acids is 2. The van der Waals surface area contributed by atoms with Crippen LogP contribution in [-0.2, 0) is 16.1 Å². The molecular weight excluding hydrogens is 446 g/mol. The number of ether oxygens (including phenoxy) is 1. The Labute approximate surface area is 185 Å². The predicted octanol–water partition coefficient (Wildman–Crippen LogP) is 2.42. The monoisotopic (exact) mass is 465 g/mol. The summed E-state index contributed by atoms with van der Waals surface area (Å²) >= 11 is 0. The highest BCUT2D eigenvalue weighted by molar-refractivity contribution is 6.06. The van der Waals surface area contributed by atoms with Crippen LogP contribution >= 0.6 is 0 Å². The van der Waals surface area contributed by atoms with Gasteiger partial charge in [-0.2, -0.15) is 13.2 Å². The number of hydrogen-bond donors (Lipinski definition) is 3. The van der Waals surface area contributed by atoms with Gasteiger partial charge in [-0.25, -0.2) is 9.37 Å². The molecule has 174 valence electrons. The third-order valence-electron chi connectivity index (χ3n) is 4.36. The molecule has 0 aliphatic carbocycles. The third-order valence-corrected chi connectivity index (χ3v) is 4.36. The van der Waals surface area contributed by atoms with Gasteiger partial charge < -0.3 is 20.7 Å². The molecular formula is C21H19F4N5O3. The first kappa shape index (κ1) is 23.7. The third kappa shape index (κ3) is 6.28. The van der Waals surface area contributed by atoms with Gasteiger partial charge in [-0.05, 0) is 29.3 Å². The van der Waals surface area contributed by atoms with Crippen molar-refractivity contribution in [1.82, 2.24) is 20.9 Å². The van der Waals surface area contributed by atoms with E-state index in [0.29, 0.717) is 11.1 Å². The highest BCUT2D eigenvalue weighted by atomic mass is 19.4. The summed E-state index contributed by atoms with van der Waals surface area (Å²) in [6.07, 6.45) is 0.671. The second-order valence-electron chi connectivity index (χ2n) is 7.02. The smallest absolute Gasteiger partial charge is 0.422 e. The molecule has 1 aromatic carbocycles. The Morgan fingerprint density at radius 1 is 1.21 bits per heavy atom. The molecule has 33 heavy (non-hydrogen) atoms. The van der Waals surface area contributed by atoms with Crippen LogP contribution in [0.15, 0.2) is 53.9 Å². The maximum atomic E-state index is 13.3. The van der Waals surface area contributed by atoms with E-state index >= 15 is 0 Å². The highest BCUT2D eigenvalue weighted by Gasteiger charge is 2.37. The standard InChI is InChI=1S/C21H19F4N5O3/c1-13(31)30-20(11-26-6-7-29-20)19(32)28-10-14-8-17(15-2-4-16(22)5-3-15)18(27-9-14)33-12-21(23,24)25/h2-9,11,29H,10,12H2,1H3,(H,28,32)(H,30,31). The van der Waals surface area contributed by atoms with Crippen molar-refractivity contribution in [2.24, 2.45) is 4.99 Å². The lowest BCUT2D eigenvalue weighted by Crippen LogP contribution is -2.67. The van der Waals surface area contributed by atoms with Crippen molar-refractivity contribution >= 4 is 18.0 Å². The Hall–Kier alpha value is -3.96. The van der Waals surface area contributed by atoms with Crippen molar-refractivity contribution < 1.29 is 31.9 Å². The van der Waals surface area contributed by atoms with Gasteiger partial charge in [0.25, 0.3) is 5.91 Å². The van der Waals surface area contributed by atoms with Crippen molar-refractivity contribution in [2.45, 2.75) is 25.3 Å². The lowest BCUT2D eigenvalue weighted by molar-refractivity contribution is -0.154. The SMILES string of the molecule is CC(=O)NC1(C(=O)NCc2cnc(OCC(F)(F)F)c(-c3ccc(F)cc3)c2)C=NC=CN1. The molecule has 0 saturated heterocycles. The summed E-state index contributed by atoms with van der Waals surface area (Å²) in [5, 5.41) is 7.82. The van der Waals surface area contributed by atoms with Crippen molar-refractivity contribution in [3.05, 3.63) is 60.3 Å². The van der Waals surface area contributed by atoms with Gasteiger partial charge in [0.2, 0.25) is 17.5 Å². The molecule has 1 aliphatic rings. The molecule has 2 amide bonds. The first-order chi connectivity index (χ1) is 15.6. The predicted molar refractivity (Wildman–Crippen MR) is 110 cm³/mol. The average Bonchev–Trinajstić information content (AvgIpc) is 2.76. The molecule has 0 spiro atoms. The lowest BCUT2D eigenvalue weighted by atomic mass is 10.0. The number of nitrogens with zero attached hydrogens (tertiary/aromatic N) is 2. The van der Waals surface area contributed by atoms with Crippen molar-refractivity contribution in [2.75, 3.05) is 6.61 Å². The molecule has 3 N–H and O–H groups in total. The van der Waals surface area contributed by atoms with Crippen molar-refractivity contribution in [3.63, 3.8) is 0 Å². The number of nitrogens with one attached hydrogen (secondary N) is 3. The summed E-state index contributed by atoms with van der Waals surface area (Å²) in [5.41, 5.74) is -0.634. The number of benzene rings is 1. The number of pyridine rings is 1. The van der Waals surface area contributed by atoms with Crippen LogP contribution in [0.5, 0.6) is 5.88 Å². The molecule has 2 aromatic rings. The maximum Gasteiger partial charge on any atom is 0.422 e. The van der Waals surface area contributed by atoms with E-state index in [1.807, 2.05) is 0 Å². The fraction of sp³-hybridized carbons (Fsp3) is 0.238. The van der Waals surface area contributed by atoms with Crippen LogP contribution in [-0.4, -0.2) is 41.5 Å². The van der Waals surface area contributed by atoms with E-state index in [9.17, 15) is 27.2 Å². The minimum absolute atomic E-state index is 0.0832. The van der Waals surface area contributed by atoms with E-state index < -0.39 is 36.1 Å². The Morgan fingerprint density at radius 3 is 2.55 bits per heavy atom. The summed E-state index contributed by atoms with van der Waals surface area (Å²) in [7, 11) is 0. The van der Waals surface area contributed by atoms with E-state index in [0.717, 1.165) is 12.1 Å². The number of alkyl halides is 3. The molecule has 1 aliphatic heterocycles. The topological polar surface area (TPSA) is 105 Å². The average molecular weight is 465 g/mol. The van der Waals surface area contributed by atoms with Crippen LogP contribution in [0.4, 0.5) is 17.6 Å². The molecule has 0 bridgehead atoms. The zero-order valence-electron chi connectivity index (χ0n) is 17.2. The van der Waals surface area contributed by atoms with Crippen LogP contribution in [0, 0.1) is 5.82 Å². The molecule has 0 saturated carbocycles. The number of halogens is 4. The van der Waals surface area contributed by atoms with Crippen LogP contribution < -0.4 is 20.7 Å². The summed E-state index contributed by atoms with van der Waals surface area (Å²) in [6.45, 7) is -0.399. The minimum atomic E-state index is -4.57. The molecule has 1 unspecified atom stereocenters. The fourth-order valence-electron chi connectivity index (χ4n) is 2.95. The quantitative estimate of drug-likeness (QED) is 0.545. The summed E-state index contributed by atoms with van der Waals surface area (Å²) < 4.78 is 56.0. The second kappa shape index (κ2) is 9.67. The molecule has 0 radical (unpaired) electrons. The van der Waals surface area contributed by atoms with Gasteiger partial charge in [0.15, 0.2) is 6.61 Å². The van der Waals surface area contributed by atoms with E-state index in [1.165, 1.54) is 49.9 Å². The van der Waals surface area contributed by atoms with Crippen LogP contribution in [0.1, 0.15) is 12.5 Å². The largest absolute Gasteiger partial charge is 0.468 e. The molecule has 8 nitrogen and oxygen atoms in total. The van der Waals surface area contributed by atoms with E-state index in [4.69, 9.17) is 4.74 Å². The highest BCUT2D eigenvalue weighted by Crippen LogP contribution is 2.30. The van der Waals surface area contributed by atoms with Crippen molar-refractivity contribution in [1.29, 1.82) is 0 Å². The molecule has 3 rings (SSSR count). The zero-order chi connectivity index (χ0) is 24.1. The Balaban J connectivity index is 1.83. The summed E-state index contributed by atoms with van der Waals surface area (Å²) in [6, 6.07) is 6.51. The first-order valence-electron chi connectivity index (χ1n) is 9.56. The van der Waals surface area contributed by atoms with Gasteiger partial charge >= 0.3 is 6.18 Å².